The van der Waals surface area contributed by atoms with Gasteiger partial charge in [0.15, 0.2) is 0 Å². The van der Waals surface area contributed by atoms with Crippen molar-refractivity contribution in [3.63, 3.8) is 0 Å². The summed E-state index contributed by atoms with van der Waals surface area (Å²) < 4.78 is 14.2. The summed E-state index contributed by atoms with van der Waals surface area (Å²) in [6, 6.07) is 16.4. The molecule has 2 N–H and O–H groups in total. The molecule has 2 aromatic rings. The molecule has 0 aliphatic carbocycles. The van der Waals surface area contributed by atoms with E-state index < -0.39 is 5.92 Å². The van der Waals surface area contributed by atoms with Crippen molar-refractivity contribution in [1.82, 2.24) is 10.6 Å². The third kappa shape index (κ3) is 2.29. The zero-order chi connectivity index (χ0) is 15.8. The maximum atomic E-state index is 14.2. The van der Waals surface area contributed by atoms with Gasteiger partial charge in [-0.05, 0) is 23.8 Å². The van der Waals surface area contributed by atoms with Crippen molar-refractivity contribution in [1.29, 1.82) is 0 Å². The molecule has 2 heterocycles. The molecular weight excluding hydrogens is 293 g/mol. The second kappa shape index (κ2) is 5.52. The number of halogens is 1. The lowest BCUT2D eigenvalue weighted by Crippen LogP contribution is -2.58. The van der Waals surface area contributed by atoms with Crippen LogP contribution in [0.3, 0.4) is 0 Å². The summed E-state index contributed by atoms with van der Waals surface area (Å²) in [7, 11) is 0. The molecule has 1 fully saturated rings. The van der Waals surface area contributed by atoms with Gasteiger partial charge >= 0.3 is 0 Å². The molecule has 2 atom stereocenters. The number of carbonyl (C=O) groups excluding carboxylic acids is 1. The molecule has 116 valence electrons. The summed E-state index contributed by atoms with van der Waals surface area (Å²) in [5.41, 5.74) is 2.14. The van der Waals surface area contributed by atoms with E-state index in [1.165, 1.54) is 6.07 Å². The van der Waals surface area contributed by atoms with Gasteiger partial charge in [-0.2, -0.15) is 0 Å². The normalized spacial score (nSPS) is 23.3. The van der Waals surface area contributed by atoms with E-state index in [9.17, 15) is 9.18 Å². The van der Waals surface area contributed by atoms with Crippen LogP contribution in [0.4, 0.5) is 10.1 Å². The van der Waals surface area contributed by atoms with Crippen LogP contribution in [0.5, 0.6) is 0 Å². The number of hydrogen-bond donors (Lipinski definition) is 2. The largest absolute Gasteiger partial charge is 0.343 e. The fraction of sp³-hybridized carbons (Fsp3) is 0.167. The van der Waals surface area contributed by atoms with Crippen LogP contribution in [0.15, 0.2) is 60.8 Å². The van der Waals surface area contributed by atoms with Crippen LogP contribution in [0.1, 0.15) is 5.56 Å². The van der Waals surface area contributed by atoms with Gasteiger partial charge in [0.05, 0.1) is 12.6 Å². The van der Waals surface area contributed by atoms with Crippen LogP contribution in [-0.2, 0) is 4.79 Å². The maximum absolute atomic E-state index is 14.2. The molecule has 0 radical (unpaired) electrons. The molecule has 2 aromatic carbocycles. The Morgan fingerprint density at radius 3 is 2.57 bits per heavy atom. The highest BCUT2D eigenvalue weighted by Gasteiger charge is 2.43. The summed E-state index contributed by atoms with van der Waals surface area (Å²) in [6.45, 7) is 0.404. The number of hydrogen-bond acceptors (Lipinski definition) is 3. The van der Waals surface area contributed by atoms with Gasteiger partial charge in [0.2, 0.25) is 5.91 Å². The third-order valence-electron chi connectivity index (χ3n) is 4.32. The first-order valence-corrected chi connectivity index (χ1v) is 7.57. The van der Waals surface area contributed by atoms with E-state index in [-0.39, 0.29) is 17.9 Å². The topological polar surface area (TPSA) is 44.4 Å². The van der Waals surface area contributed by atoms with Crippen molar-refractivity contribution in [2.45, 2.75) is 6.17 Å². The van der Waals surface area contributed by atoms with Crippen LogP contribution in [-0.4, -0.2) is 18.7 Å². The van der Waals surface area contributed by atoms with Crippen molar-refractivity contribution in [2.75, 3.05) is 11.6 Å². The first-order valence-electron chi connectivity index (χ1n) is 7.57. The highest BCUT2D eigenvalue weighted by atomic mass is 19.1. The molecule has 2 unspecified atom stereocenters. The average molecular weight is 309 g/mol. The highest BCUT2D eigenvalue weighted by Crippen LogP contribution is 2.39. The minimum absolute atomic E-state index is 0.0818. The molecule has 23 heavy (non-hydrogen) atoms. The minimum atomic E-state index is -0.444. The molecule has 0 spiro atoms. The number of anilines is 1. The predicted molar refractivity (Wildman–Crippen MR) is 86.7 cm³/mol. The number of rotatable bonds is 2. The van der Waals surface area contributed by atoms with Gasteiger partial charge in [-0.15, -0.1) is 0 Å². The molecular formula is C18H16FN3O. The molecule has 0 bridgehead atoms. The molecule has 0 saturated carbocycles. The van der Waals surface area contributed by atoms with Crippen molar-refractivity contribution in [3.8, 4) is 0 Å². The first kappa shape index (κ1) is 14.0. The lowest BCUT2D eigenvalue weighted by Gasteiger charge is -2.34. The van der Waals surface area contributed by atoms with Gasteiger partial charge in [0.1, 0.15) is 12.0 Å². The molecule has 2 aliphatic rings. The fourth-order valence-corrected chi connectivity index (χ4v) is 3.26. The van der Waals surface area contributed by atoms with E-state index in [2.05, 4.69) is 10.6 Å². The number of benzene rings is 2. The lowest BCUT2D eigenvalue weighted by molar-refractivity contribution is -0.125. The zero-order valence-corrected chi connectivity index (χ0v) is 12.4. The molecule has 4 nitrogen and oxygen atoms in total. The van der Waals surface area contributed by atoms with E-state index >= 15 is 0 Å². The van der Waals surface area contributed by atoms with Gasteiger partial charge in [-0.3, -0.25) is 10.1 Å². The quantitative estimate of drug-likeness (QED) is 0.895. The van der Waals surface area contributed by atoms with Crippen molar-refractivity contribution in [3.05, 3.63) is 72.2 Å². The monoisotopic (exact) mass is 309 g/mol. The summed E-state index contributed by atoms with van der Waals surface area (Å²) in [5, 5.41) is 6.10. The molecule has 0 aromatic heterocycles. The predicted octanol–water partition coefficient (Wildman–Crippen LogP) is 2.31. The van der Waals surface area contributed by atoms with Crippen LogP contribution in [0.25, 0.3) is 5.57 Å². The Bertz CT molecular complexity index is 775. The number of amides is 1. The Labute approximate surface area is 133 Å². The molecule has 1 amide bonds. The lowest BCUT2D eigenvalue weighted by atomic mass is 9.91. The molecule has 2 aliphatic heterocycles. The fourth-order valence-electron chi connectivity index (χ4n) is 3.26. The van der Waals surface area contributed by atoms with E-state index in [0.29, 0.717) is 17.8 Å². The van der Waals surface area contributed by atoms with Crippen LogP contribution < -0.4 is 15.5 Å². The Balaban J connectivity index is 1.83. The number of carbonyl (C=O) groups is 1. The van der Waals surface area contributed by atoms with Gasteiger partial charge < -0.3 is 10.2 Å². The summed E-state index contributed by atoms with van der Waals surface area (Å²) in [6.07, 6.45) is 1.67. The van der Waals surface area contributed by atoms with E-state index in [1.807, 2.05) is 41.4 Å². The Kier molecular flexibility index (Phi) is 3.35. The minimum Gasteiger partial charge on any atom is -0.343 e. The number of nitrogens with zero attached hydrogens (tertiary/aromatic N) is 1. The first-order chi connectivity index (χ1) is 11.3. The Morgan fingerprint density at radius 2 is 1.78 bits per heavy atom. The Morgan fingerprint density at radius 1 is 1.04 bits per heavy atom. The van der Waals surface area contributed by atoms with Crippen molar-refractivity contribution >= 4 is 17.2 Å². The van der Waals surface area contributed by atoms with Crippen molar-refractivity contribution in [2.24, 2.45) is 5.92 Å². The standard InChI is InChI=1S/C18H16FN3O/c19-15-9-5-4-8-13(15)14-10-22(12-6-2-1-3-7-12)17-16(14)18(23)21-11-20-17/h1-10,16-17,20H,11H2,(H,21,23). The molecule has 5 heteroatoms. The SMILES string of the molecule is O=C1NCNC2C1C(c1ccccc1F)=CN2c1ccccc1. The maximum Gasteiger partial charge on any atom is 0.232 e. The third-order valence-corrected chi connectivity index (χ3v) is 4.32. The van der Waals surface area contributed by atoms with Gasteiger partial charge in [-0.1, -0.05) is 36.4 Å². The Hall–Kier alpha value is -2.66. The van der Waals surface area contributed by atoms with Crippen LogP contribution in [0.2, 0.25) is 0 Å². The molecule has 4 rings (SSSR count). The van der Waals surface area contributed by atoms with E-state index in [4.69, 9.17) is 0 Å². The zero-order valence-electron chi connectivity index (χ0n) is 12.4. The van der Waals surface area contributed by atoms with Crippen LogP contribution in [0, 0.1) is 11.7 Å². The van der Waals surface area contributed by atoms with E-state index in [0.717, 1.165) is 5.69 Å². The average Bonchev–Trinajstić information content (AvgIpc) is 2.97. The second-order valence-electron chi connectivity index (χ2n) is 5.65. The van der Waals surface area contributed by atoms with Gasteiger partial charge in [-0.25, -0.2) is 4.39 Å². The van der Waals surface area contributed by atoms with Gasteiger partial charge in [0, 0.05) is 17.5 Å². The second-order valence-corrected chi connectivity index (χ2v) is 5.65. The summed E-state index contributed by atoms with van der Waals surface area (Å²) in [4.78, 5) is 14.4. The molecule has 1 saturated heterocycles. The summed E-state index contributed by atoms with van der Waals surface area (Å²) in [5.74, 6) is -0.840. The van der Waals surface area contributed by atoms with Gasteiger partial charge in [0.25, 0.3) is 0 Å². The number of para-hydroxylation sites is 1. The number of fused-ring (bicyclic) bond motifs is 1. The van der Waals surface area contributed by atoms with E-state index in [1.54, 1.807) is 18.2 Å². The summed E-state index contributed by atoms with van der Waals surface area (Å²) >= 11 is 0. The smallest absolute Gasteiger partial charge is 0.232 e. The van der Waals surface area contributed by atoms with Crippen LogP contribution >= 0.6 is 0 Å². The van der Waals surface area contributed by atoms with Crippen molar-refractivity contribution < 1.29 is 9.18 Å². The number of nitrogens with one attached hydrogen (secondary N) is 2. The highest BCUT2D eigenvalue weighted by molar-refractivity contribution is 5.96.